The van der Waals surface area contributed by atoms with Gasteiger partial charge in [-0.2, -0.15) is 5.10 Å². The predicted molar refractivity (Wildman–Crippen MR) is 104 cm³/mol. The fourth-order valence-corrected chi connectivity index (χ4v) is 3.72. The number of para-hydroxylation sites is 1. The molecule has 8 nitrogen and oxygen atoms in total. The van der Waals surface area contributed by atoms with Gasteiger partial charge in [-0.15, -0.1) is 0 Å². The number of ether oxygens (including phenoxy) is 2. The Morgan fingerprint density at radius 1 is 1.21 bits per heavy atom. The number of hydrogen-bond donors (Lipinski definition) is 1. The van der Waals surface area contributed by atoms with Gasteiger partial charge in [-0.05, 0) is 37.5 Å². The Balaban J connectivity index is 1.47. The summed E-state index contributed by atoms with van der Waals surface area (Å²) < 4.78 is 12.5. The molecule has 3 heterocycles. The first-order chi connectivity index (χ1) is 13.6. The molecular weight excluding hydrogens is 360 g/mol. The molecular formula is C20H24N4O4. The van der Waals surface area contributed by atoms with E-state index in [1.54, 1.807) is 31.3 Å². The highest BCUT2D eigenvalue weighted by atomic mass is 16.6. The number of nitrogens with one attached hydrogen (secondary N) is 1. The van der Waals surface area contributed by atoms with E-state index in [-0.39, 0.29) is 17.5 Å². The second-order valence-electron chi connectivity index (χ2n) is 7.04. The standard InChI is InChI=1S/C20H24N4O4/c1-23-18(25)9-8-17(22-23)24-10-3-2-5-14(24)13-21-20(26)15-6-4-7-16-19(15)28-12-11-27-16/h4,6-9,14H,2-3,5,10-13H2,1H3,(H,21,26). The van der Waals surface area contributed by atoms with Crippen molar-refractivity contribution in [3.05, 3.63) is 46.2 Å². The van der Waals surface area contributed by atoms with E-state index in [1.807, 2.05) is 0 Å². The number of aryl methyl sites for hydroxylation is 1. The Hall–Kier alpha value is -3.03. The first-order valence-electron chi connectivity index (χ1n) is 9.61. The van der Waals surface area contributed by atoms with Crippen LogP contribution in [0.25, 0.3) is 0 Å². The lowest BCUT2D eigenvalue weighted by Crippen LogP contribution is -2.47. The maximum Gasteiger partial charge on any atom is 0.266 e. The summed E-state index contributed by atoms with van der Waals surface area (Å²) in [5.74, 6) is 1.69. The molecule has 4 rings (SSSR count). The number of piperidine rings is 1. The zero-order valence-electron chi connectivity index (χ0n) is 15.9. The molecule has 1 atom stereocenters. The number of anilines is 1. The fourth-order valence-electron chi connectivity index (χ4n) is 3.72. The second-order valence-corrected chi connectivity index (χ2v) is 7.04. The molecule has 148 valence electrons. The van der Waals surface area contributed by atoms with Crippen LogP contribution in [0, 0.1) is 0 Å². The van der Waals surface area contributed by atoms with Crippen LogP contribution in [-0.2, 0) is 7.05 Å². The number of benzene rings is 1. The summed E-state index contributed by atoms with van der Waals surface area (Å²) in [5, 5.41) is 7.40. The first-order valence-corrected chi connectivity index (χ1v) is 9.61. The maximum absolute atomic E-state index is 12.8. The monoisotopic (exact) mass is 384 g/mol. The summed E-state index contributed by atoms with van der Waals surface area (Å²) >= 11 is 0. The Morgan fingerprint density at radius 3 is 2.93 bits per heavy atom. The van der Waals surface area contributed by atoms with Crippen molar-refractivity contribution in [3.63, 3.8) is 0 Å². The van der Waals surface area contributed by atoms with E-state index in [0.717, 1.165) is 31.6 Å². The zero-order valence-corrected chi connectivity index (χ0v) is 15.9. The summed E-state index contributed by atoms with van der Waals surface area (Å²) in [5.41, 5.74) is 0.349. The third-order valence-corrected chi connectivity index (χ3v) is 5.18. The van der Waals surface area contributed by atoms with E-state index in [0.29, 0.717) is 36.8 Å². The van der Waals surface area contributed by atoms with Gasteiger partial charge in [0.25, 0.3) is 11.5 Å². The molecule has 1 unspecified atom stereocenters. The van der Waals surface area contributed by atoms with Crippen molar-refractivity contribution in [2.24, 2.45) is 7.05 Å². The smallest absolute Gasteiger partial charge is 0.266 e. The Kier molecular flexibility index (Phi) is 5.18. The number of fused-ring (bicyclic) bond motifs is 1. The summed E-state index contributed by atoms with van der Waals surface area (Å²) in [6, 6.07) is 8.75. The number of nitrogens with zero attached hydrogens (tertiary/aromatic N) is 3. The lowest BCUT2D eigenvalue weighted by Gasteiger charge is -2.36. The third-order valence-electron chi connectivity index (χ3n) is 5.18. The van der Waals surface area contributed by atoms with E-state index in [2.05, 4.69) is 15.3 Å². The van der Waals surface area contributed by atoms with E-state index >= 15 is 0 Å². The van der Waals surface area contributed by atoms with E-state index in [9.17, 15) is 9.59 Å². The summed E-state index contributed by atoms with van der Waals surface area (Å²) in [6.07, 6.45) is 3.12. The molecule has 0 radical (unpaired) electrons. The van der Waals surface area contributed by atoms with Crippen LogP contribution < -0.4 is 25.2 Å². The molecule has 0 saturated carbocycles. The van der Waals surface area contributed by atoms with Crippen molar-refractivity contribution in [1.29, 1.82) is 0 Å². The lowest BCUT2D eigenvalue weighted by molar-refractivity contribution is 0.0938. The van der Waals surface area contributed by atoms with Crippen LogP contribution in [0.3, 0.4) is 0 Å². The number of amides is 1. The summed E-state index contributed by atoms with van der Waals surface area (Å²) in [4.78, 5) is 26.6. The van der Waals surface area contributed by atoms with Crippen molar-refractivity contribution in [1.82, 2.24) is 15.1 Å². The van der Waals surface area contributed by atoms with Gasteiger partial charge in [0.05, 0.1) is 5.56 Å². The molecule has 0 spiro atoms. The maximum atomic E-state index is 12.8. The van der Waals surface area contributed by atoms with Gasteiger partial charge in [0.1, 0.15) is 19.0 Å². The van der Waals surface area contributed by atoms with Gasteiger partial charge >= 0.3 is 0 Å². The molecule has 1 fully saturated rings. The number of hydrogen-bond acceptors (Lipinski definition) is 6. The van der Waals surface area contributed by atoms with Gasteiger partial charge < -0.3 is 19.7 Å². The largest absolute Gasteiger partial charge is 0.486 e. The van der Waals surface area contributed by atoms with Gasteiger partial charge in [-0.3, -0.25) is 9.59 Å². The number of carbonyl (C=O) groups is 1. The minimum absolute atomic E-state index is 0.124. The molecule has 1 aromatic carbocycles. The van der Waals surface area contributed by atoms with Crippen molar-refractivity contribution >= 4 is 11.7 Å². The Bertz CT molecular complexity index is 927. The second kappa shape index (κ2) is 7.92. The minimum atomic E-state index is -0.179. The highest BCUT2D eigenvalue weighted by Gasteiger charge is 2.26. The van der Waals surface area contributed by atoms with Crippen LogP contribution >= 0.6 is 0 Å². The summed E-state index contributed by atoms with van der Waals surface area (Å²) in [6.45, 7) is 2.27. The molecule has 0 aliphatic carbocycles. The van der Waals surface area contributed by atoms with Crippen molar-refractivity contribution in [3.8, 4) is 11.5 Å². The van der Waals surface area contributed by atoms with Gasteiger partial charge in [-0.1, -0.05) is 6.07 Å². The molecule has 28 heavy (non-hydrogen) atoms. The number of carbonyl (C=O) groups excluding carboxylic acids is 1. The van der Waals surface area contributed by atoms with Crippen molar-refractivity contribution in [2.45, 2.75) is 25.3 Å². The molecule has 8 heteroatoms. The van der Waals surface area contributed by atoms with Gasteiger partial charge in [0.15, 0.2) is 11.5 Å². The molecule has 1 aromatic heterocycles. The van der Waals surface area contributed by atoms with Crippen molar-refractivity contribution in [2.75, 3.05) is 31.2 Å². The van der Waals surface area contributed by atoms with Crippen LogP contribution in [0.4, 0.5) is 5.82 Å². The molecule has 1 N–H and O–H groups in total. The third kappa shape index (κ3) is 3.67. The highest BCUT2D eigenvalue weighted by Crippen LogP contribution is 2.33. The Labute approximate surface area is 163 Å². The number of rotatable bonds is 4. The average molecular weight is 384 g/mol. The highest BCUT2D eigenvalue weighted by molar-refractivity contribution is 5.97. The molecule has 2 aromatic rings. The van der Waals surface area contributed by atoms with Crippen LogP contribution in [0.5, 0.6) is 11.5 Å². The van der Waals surface area contributed by atoms with E-state index < -0.39 is 0 Å². The predicted octanol–water partition coefficient (Wildman–Crippen LogP) is 1.34. The van der Waals surface area contributed by atoms with Gasteiger partial charge in [0.2, 0.25) is 0 Å². The van der Waals surface area contributed by atoms with Gasteiger partial charge in [0, 0.05) is 32.2 Å². The molecule has 1 saturated heterocycles. The zero-order chi connectivity index (χ0) is 19.5. The molecule has 1 amide bonds. The quantitative estimate of drug-likeness (QED) is 0.856. The van der Waals surface area contributed by atoms with E-state index in [4.69, 9.17) is 9.47 Å². The topological polar surface area (TPSA) is 85.7 Å². The molecule has 0 bridgehead atoms. The average Bonchev–Trinajstić information content (AvgIpc) is 2.74. The fraction of sp³-hybridized carbons (Fsp3) is 0.450. The van der Waals surface area contributed by atoms with E-state index in [1.165, 1.54) is 10.7 Å². The molecule has 2 aliphatic heterocycles. The number of aromatic nitrogens is 2. The van der Waals surface area contributed by atoms with Crippen LogP contribution in [-0.4, -0.2) is 48.0 Å². The van der Waals surface area contributed by atoms with Gasteiger partial charge in [-0.25, -0.2) is 4.68 Å². The SMILES string of the molecule is Cn1nc(N2CCCCC2CNC(=O)c2cccc3c2OCCO3)ccc1=O. The summed E-state index contributed by atoms with van der Waals surface area (Å²) in [7, 11) is 1.65. The lowest BCUT2D eigenvalue weighted by atomic mass is 10.0. The van der Waals surface area contributed by atoms with Crippen LogP contribution in [0.15, 0.2) is 35.1 Å². The minimum Gasteiger partial charge on any atom is -0.486 e. The van der Waals surface area contributed by atoms with Crippen LogP contribution in [0.1, 0.15) is 29.6 Å². The Morgan fingerprint density at radius 2 is 2.07 bits per heavy atom. The molecule has 2 aliphatic rings. The van der Waals surface area contributed by atoms with Crippen molar-refractivity contribution < 1.29 is 14.3 Å². The first kappa shape index (κ1) is 18.3. The van der Waals surface area contributed by atoms with Crippen LogP contribution in [0.2, 0.25) is 0 Å². The normalized spacial score (nSPS) is 18.6.